The summed E-state index contributed by atoms with van der Waals surface area (Å²) in [5, 5.41) is 12.9. The van der Waals surface area contributed by atoms with E-state index in [0.717, 1.165) is 47.9 Å². The molecule has 33 heavy (non-hydrogen) atoms. The van der Waals surface area contributed by atoms with E-state index in [2.05, 4.69) is 5.32 Å². The van der Waals surface area contributed by atoms with E-state index in [1.807, 2.05) is 54.6 Å². The minimum Gasteiger partial charge on any atom is -0.480 e. The van der Waals surface area contributed by atoms with Crippen molar-refractivity contribution in [1.82, 2.24) is 5.32 Å². The number of hydrogen-bond acceptors (Lipinski definition) is 2. The first kappa shape index (κ1) is 23.1. The van der Waals surface area contributed by atoms with Crippen molar-refractivity contribution >= 4 is 23.5 Å². The van der Waals surface area contributed by atoms with Crippen LogP contribution in [0.2, 0.25) is 5.02 Å². The topological polar surface area (TPSA) is 66.4 Å². The van der Waals surface area contributed by atoms with Crippen LogP contribution >= 0.6 is 11.6 Å². The van der Waals surface area contributed by atoms with Crippen LogP contribution in [0.4, 0.5) is 0 Å². The molecule has 1 aliphatic rings. The first-order valence-corrected chi connectivity index (χ1v) is 11.9. The minimum atomic E-state index is -0.987. The largest absolute Gasteiger partial charge is 0.480 e. The lowest BCUT2D eigenvalue weighted by atomic mass is 9.85. The zero-order chi connectivity index (χ0) is 23.2. The average molecular weight is 462 g/mol. The summed E-state index contributed by atoms with van der Waals surface area (Å²) in [6.07, 6.45) is 6.01. The number of carboxylic acids is 1. The molecule has 4 nitrogen and oxygen atoms in total. The van der Waals surface area contributed by atoms with E-state index >= 15 is 0 Å². The van der Waals surface area contributed by atoms with Crippen molar-refractivity contribution in [2.24, 2.45) is 5.92 Å². The molecule has 1 saturated carbocycles. The summed E-state index contributed by atoms with van der Waals surface area (Å²) in [7, 11) is 0. The Bertz CT molecular complexity index is 1120. The normalized spacial score (nSPS) is 15.1. The molecule has 0 bridgehead atoms. The van der Waals surface area contributed by atoms with Gasteiger partial charge in [-0.1, -0.05) is 92.2 Å². The Morgan fingerprint density at radius 3 is 2.30 bits per heavy atom. The summed E-state index contributed by atoms with van der Waals surface area (Å²) >= 11 is 6.49. The van der Waals surface area contributed by atoms with Gasteiger partial charge in [0.25, 0.3) is 5.91 Å². The molecular formula is C28H28ClNO3. The van der Waals surface area contributed by atoms with Crippen molar-refractivity contribution in [2.45, 2.75) is 44.6 Å². The summed E-state index contributed by atoms with van der Waals surface area (Å²) in [6.45, 7) is 0. The summed E-state index contributed by atoms with van der Waals surface area (Å²) in [5.41, 5.74) is 4.18. The monoisotopic (exact) mass is 461 g/mol. The van der Waals surface area contributed by atoms with Crippen LogP contribution in [0.15, 0.2) is 72.8 Å². The third-order valence-electron chi connectivity index (χ3n) is 6.41. The van der Waals surface area contributed by atoms with Gasteiger partial charge in [0.1, 0.15) is 6.04 Å². The van der Waals surface area contributed by atoms with Crippen molar-refractivity contribution in [3.8, 4) is 22.3 Å². The van der Waals surface area contributed by atoms with Gasteiger partial charge in [0.2, 0.25) is 0 Å². The van der Waals surface area contributed by atoms with Crippen LogP contribution in [0, 0.1) is 5.92 Å². The fraction of sp³-hybridized carbons (Fsp3) is 0.286. The Morgan fingerprint density at radius 1 is 0.879 bits per heavy atom. The van der Waals surface area contributed by atoms with Gasteiger partial charge in [0, 0.05) is 16.1 Å². The van der Waals surface area contributed by atoms with Crippen LogP contribution in [0.3, 0.4) is 0 Å². The van der Waals surface area contributed by atoms with E-state index in [9.17, 15) is 14.7 Å². The Labute approximate surface area is 199 Å². The molecule has 1 aliphatic carbocycles. The fourth-order valence-electron chi connectivity index (χ4n) is 4.60. The zero-order valence-corrected chi connectivity index (χ0v) is 19.2. The van der Waals surface area contributed by atoms with Gasteiger partial charge in [-0.3, -0.25) is 4.79 Å². The summed E-state index contributed by atoms with van der Waals surface area (Å²) in [4.78, 5) is 24.8. The Balaban J connectivity index is 1.55. The van der Waals surface area contributed by atoms with Crippen molar-refractivity contribution < 1.29 is 14.7 Å². The number of hydrogen-bond donors (Lipinski definition) is 2. The highest BCUT2D eigenvalue weighted by molar-refractivity contribution is 6.33. The van der Waals surface area contributed by atoms with Gasteiger partial charge in [-0.25, -0.2) is 4.79 Å². The SMILES string of the molecule is O=C(NC(CC1CCCCC1)C(=O)O)c1ccc(Cl)c(-c2cccc(-c3ccccc3)c2)c1. The fourth-order valence-corrected chi connectivity index (χ4v) is 4.83. The lowest BCUT2D eigenvalue weighted by Gasteiger charge is -2.25. The van der Waals surface area contributed by atoms with E-state index < -0.39 is 17.9 Å². The minimum absolute atomic E-state index is 0.349. The first-order chi connectivity index (χ1) is 16.0. The molecule has 1 amide bonds. The highest BCUT2D eigenvalue weighted by Crippen LogP contribution is 2.32. The number of amides is 1. The van der Waals surface area contributed by atoms with E-state index in [1.54, 1.807) is 18.2 Å². The van der Waals surface area contributed by atoms with Crippen LogP contribution in [0.25, 0.3) is 22.3 Å². The van der Waals surface area contributed by atoms with Crippen molar-refractivity contribution in [3.63, 3.8) is 0 Å². The molecule has 0 saturated heterocycles. The molecule has 4 rings (SSSR count). The lowest BCUT2D eigenvalue weighted by molar-refractivity contribution is -0.139. The Hall–Kier alpha value is -3.11. The van der Waals surface area contributed by atoms with E-state index in [0.29, 0.717) is 22.9 Å². The van der Waals surface area contributed by atoms with Crippen molar-refractivity contribution in [1.29, 1.82) is 0 Å². The molecule has 0 aliphatic heterocycles. The molecule has 1 atom stereocenters. The number of carbonyl (C=O) groups excluding carboxylic acids is 1. The maximum atomic E-state index is 13.0. The average Bonchev–Trinajstić information content (AvgIpc) is 2.85. The van der Waals surface area contributed by atoms with E-state index in [4.69, 9.17) is 11.6 Å². The molecule has 0 aromatic heterocycles. The molecule has 170 valence electrons. The summed E-state index contributed by atoms with van der Waals surface area (Å²) < 4.78 is 0. The van der Waals surface area contributed by atoms with Crippen LogP contribution in [0.5, 0.6) is 0 Å². The molecule has 0 spiro atoms. The molecule has 0 radical (unpaired) electrons. The van der Waals surface area contributed by atoms with Gasteiger partial charge in [-0.05, 0) is 53.3 Å². The van der Waals surface area contributed by atoms with Gasteiger partial charge >= 0.3 is 5.97 Å². The van der Waals surface area contributed by atoms with Gasteiger partial charge in [-0.15, -0.1) is 0 Å². The molecule has 5 heteroatoms. The third-order valence-corrected chi connectivity index (χ3v) is 6.74. The number of nitrogens with one attached hydrogen (secondary N) is 1. The second-order valence-electron chi connectivity index (χ2n) is 8.75. The number of halogens is 1. The zero-order valence-electron chi connectivity index (χ0n) is 18.5. The number of aliphatic carboxylic acids is 1. The third kappa shape index (κ3) is 5.82. The number of rotatable bonds is 7. The smallest absolute Gasteiger partial charge is 0.326 e. The van der Waals surface area contributed by atoms with Crippen LogP contribution in [0.1, 0.15) is 48.9 Å². The molecule has 2 N–H and O–H groups in total. The Kier molecular flexibility index (Phi) is 7.46. The van der Waals surface area contributed by atoms with Crippen molar-refractivity contribution in [2.75, 3.05) is 0 Å². The van der Waals surface area contributed by atoms with Crippen LogP contribution < -0.4 is 5.32 Å². The molecular weight excluding hydrogens is 434 g/mol. The standard InChI is InChI=1S/C28H28ClNO3/c29-25-15-14-23(27(31)30-26(28(32)33)16-19-8-3-1-4-9-19)18-24(25)22-13-7-12-21(17-22)20-10-5-2-6-11-20/h2,5-7,10-15,17-19,26H,1,3-4,8-9,16H2,(H,30,31)(H,32,33). The second-order valence-corrected chi connectivity index (χ2v) is 9.15. The van der Waals surface area contributed by atoms with E-state index in [-0.39, 0.29) is 0 Å². The molecule has 3 aromatic rings. The maximum absolute atomic E-state index is 13.0. The number of benzene rings is 3. The summed E-state index contributed by atoms with van der Waals surface area (Å²) in [6, 6.07) is 22.2. The maximum Gasteiger partial charge on any atom is 0.326 e. The molecule has 0 heterocycles. The van der Waals surface area contributed by atoms with Gasteiger partial charge in [0.05, 0.1) is 0 Å². The highest BCUT2D eigenvalue weighted by Gasteiger charge is 2.26. The Morgan fingerprint density at radius 2 is 1.58 bits per heavy atom. The highest BCUT2D eigenvalue weighted by atomic mass is 35.5. The van der Waals surface area contributed by atoms with Crippen LogP contribution in [-0.4, -0.2) is 23.0 Å². The van der Waals surface area contributed by atoms with E-state index in [1.165, 1.54) is 6.42 Å². The molecule has 3 aromatic carbocycles. The van der Waals surface area contributed by atoms with Crippen LogP contribution in [-0.2, 0) is 4.79 Å². The quantitative estimate of drug-likeness (QED) is 0.405. The number of carbonyl (C=O) groups is 2. The molecule has 1 fully saturated rings. The predicted molar refractivity (Wildman–Crippen MR) is 132 cm³/mol. The van der Waals surface area contributed by atoms with Gasteiger partial charge in [0.15, 0.2) is 0 Å². The predicted octanol–water partition coefficient (Wildman–Crippen LogP) is 6.83. The lowest BCUT2D eigenvalue weighted by Crippen LogP contribution is -2.42. The van der Waals surface area contributed by atoms with Crippen molar-refractivity contribution in [3.05, 3.63) is 83.4 Å². The van der Waals surface area contributed by atoms with Gasteiger partial charge in [-0.2, -0.15) is 0 Å². The molecule has 1 unspecified atom stereocenters. The number of carboxylic acid groups (broad SMARTS) is 1. The summed E-state index contributed by atoms with van der Waals surface area (Å²) in [5.74, 6) is -1.03. The van der Waals surface area contributed by atoms with Gasteiger partial charge < -0.3 is 10.4 Å². The second kappa shape index (κ2) is 10.7. The first-order valence-electron chi connectivity index (χ1n) is 11.5.